The van der Waals surface area contributed by atoms with Gasteiger partial charge in [-0.1, -0.05) is 35.4 Å². The lowest BCUT2D eigenvalue weighted by Gasteiger charge is -2.02. The van der Waals surface area contributed by atoms with E-state index < -0.39 is 0 Å². The molecule has 0 fully saturated rings. The van der Waals surface area contributed by atoms with Crippen molar-refractivity contribution in [1.29, 1.82) is 0 Å². The number of hydrogen-bond donors (Lipinski definition) is 0. The van der Waals surface area contributed by atoms with E-state index in [1.165, 1.54) is 0 Å². The van der Waals surface area contributed by atoms with Crippen LogP contribution in [-0.2, 0) is 6.54 Å². The van der Waals surface area contributed by atoms with Gasteiger partial charge >= 0.3 is 0 Å². The summed E-state index contributed by atoms with van der Waals surface area (Å²) in [6.45, 7) is 0.337. The Morgan fingerprint density at radius 3 is 2.69 bits per heavy atom. The highest BCUT2D eigenvalue weighted by atomic mass is 15.1. The molecule has 2 rings (SSSR count). The average molecular weight is 210 g/mol. The maximum atomic E-state index is 8.25. The summed E-state index contributed by atoms with van der Waals surface area (Å²) in [5.41, 5.74) is 11.3. The van der Waals surface area contributed by atoms with Crippen LogP contribution in [-0.4, -0.2) is 4.98 Å². The summed E-state index contributed by atoms with van der Waals surface area (Å²) >= 11 is 0. The molecule has 0 aliphatic heterocycles. The normalized spacial score (nSPS) is 9.50. The first-order valence-electron chi connectivity index (χ1n) is 4.90. The number of aromatic nitrogens is 1. The molecule has 4 nitrogen and oxygen atoms in total. The molecule has 78 valence electrons. The van der Waals surface area contributed by atoms with Crippen molar-refractivity contribution in [3.63, 3.8) is 0 Å². The second kappa shape index (κ2) is 4.96. The third-order valence-electron chi connectivity index (χ3n) is 2.22. The van der Waals surface area contributed by atoms with Crippen LogP contribution in [0.5, 0.6) is 0 Å². The van der Waals surface area contributed by atoms with Crippen LogP contribution >= 0.6 is 0 Å². The molecular weight excluding hydrogens is 200 g/mol. The zero-order chi connectivity index (χ0) is 11.2. The fourth-order valence-corrected chi connectivity index (χ4v) is 1.48. The third-order valence-corrected chi connectivity index (χ3v) is 2.22. The summed E-state index contributed by atoms with van der Waals surface area (Å²) in [7, 11) is 0. The van der Waals surface area contributed by atoms with Crippen LogP contribution < -0.4 is 0 Å². The van der Waals surface area contributed by atoms with E-state index in [1.54, 1.807) is 12.4 Å². The van der Waals surface area contributed by atoms with Gasteiger partial charge in [0.25, 0.3) is 0 Å². The Kier molecular flexibility index (Phi) is 3.16. The SMILES string of the molecule is [N-]=[N+]=NCc1cncc(-c2ccccc2)c1. The topological polar surface area (TPSA) is 61.7 Å². The van der Waals surface area contributed by atoms with Gasteiger partial charge in [-0.15, -0.1) is 0 Å². The van der Waals surface area contributed by atoms with Crippen molar-refractivity contribution in [3.05, 3.63) is 64.8 Å². The predicted octanol–water partition coefficient (Wildman–Crippen LogP) is 3.56. The van der Waals surface area contributed by atoms with Crippen LogP contribution in [0.4, 0.5) is 0 Å². The average Bonchev–Trinajstić information content (AvgIpc) is 2.38. The summed E-state index contributed by atoms with van der Waals surface area (Å²) in [5.74, 6) is 0. The van der Waals surface area contributed by atoms with Gasteiger partial charge in [0, 0.05) is 22.9 Å². The molecule has 0 amide bonds. The summed E-state index contributed by atoms with van der Waals surface area (Å²) < 4.78 is 0. The fraction of sp³-hybridized carbons (Fsp3) is 0.0833. The van der Waals surface area contributed by atoms with Gasteiger partial charge in [-0.3, -0.25) is 4.98 Å². The molecular formula is C12H10N4. The van der Waals surface area contributed by atoms with Crippen molar-refractivity contribution in [2.45, 2.75) is 6.54 Å². The number of rotatable bonds is 3. The standard InChI is InChI=1S/C12H10N4/c13-16-15-8-10-6-12(9-14-7-10)11-4-2-1-3-5-11/h1-7,9H,8H2. The Labute approximate surface area is 93.2 Å². The number of benzene rings is 1. The molecule has 0 unspecified atom stereocenters. The van der Waals surface area contributed by atoms with Gasteiger partial charge in [0.1, 0.15) is 0 Å². The van der Waals surface area contributed by atoms with E-state index in [0.29, 0.717) is 6.54 Å². The van der Waals surface area contributed by atoms with Gasteiger partial charge in [0.15, 0.2) is 0 Å². The number of nitrogens with zero attached hydrogens (tertiary/aromatic N) is 4. The van der Waals surface area contributed by atoms with E-state index in [0.717, 1.165) is 16.7 Å². The molecule has 1 aromatic heterocycles. The van der Waals surface area contributed by atoms with E-state index in [-0.39, 0.29) is 0 Å². The first-order valence-corrected chi connectivity index (χ1v) is 4.90. The monoisotopic (exact) mass is 210 g/mol. The van der Waals surface area contributed by atoms with Crippen LogP contribution in [0.1, 0.15) is 5.56 Å². The predicted molar refractivity (Wildman–Crippen MR) is 62.5 cm³/mol. The van der Waals surface area contributed by atoms with Crippen LogP contribution in [0.2, 0.25) is 0 Å². The van der Waals surface area contributed by atoms with Crippen LogP contribution in [0, 0.1) is 0 Å². The molecule has 0 saturated heterocycles. The molecule has 4 heteroatoms. The molecule has 0 spiro atoms. The largest absolute Gasteiger partial charge is 0.264 e. The minimum absolute atomic E-state index is 0.337. The van der Waals surface area contributed by atoms with E-state index in [9.17, 15) is 0 Å². The number of pyridine rings is 1. The zero-order valence-corrected chi connectivity index (χ0v) is 8.61. The summed E-state index contributed by atoms with van der Waals surface area (Å²) in [6, 6.07) is 12.0. The summed E-state index contributed by atoms with van der Waals surface area (Å²) in [4.78, 5) is 6.86. The highest BCUT2D eigenvalue weighted by Gasteiger charge is 1.98. The van der Waals surface area contributed by atoms with Crippen molar-refractivity contribution >= 4 is 0 Å². The van der Waals surface area contributed by atoms with Crippen molar-refractivity contribution in [3.8, 4) is 11.1 Å². The lowest BCUT2D eigenvalue weighted by atomic mass is 10.1. The van der Waals surface area contributed by atoms with Crippen LogP contribution in [0.3, 0.4) is 0 Å². The molecule has 2 aromatic rings. The number of hydrogen-bond acceptors (Lipinski definition) is 2. The minimum Gasteiger partial charge on any atom is -0.264 e. The van der Waals surface area contributed by atoms with Gasteiger partial charge in [0.05, 0.1) is 6.54 Å². The minimum atomic E-state index is 0.337. The fourth-order valence-electron chi connectivity index (χ4n) is 1.48. The first-order chi connectivity index (χ1) is 7.90. The Bertz CT molecular complexity index is 516. The van der Waals surface area contributed by atoms with Gasteiger partial charge < -0.3 is 0 Å². The van der Waals surface area contributed by atoms with Gasteiger partial charge in [-0.2, -0.15) is 0 Å². The van der Waals surface area contributed by atoms with Crippen molar-refractivity contribution in [1.82, 2.24) is 4.98 Å². The molecule has 0 aliphatic carbocycles. The van der Waals surface area contributed by atoms with E-state index >= 15 is 0 Å². The van der Waals surface area contributed by atoms with Crippen LogP contribution in [0.25, 0.3) is 21.6 Å². The molecule has 1 aromatic carbocycles. The smallest absolute Gasteiger partial charge is 0.0526 e. The second-order valence-corrected chi connectivity index (χ2v) is 3.34. The van der Waals surface area contributed by atoms with Crippen LogP contribution in [0.15, 0.2) is 53.9 Å². The van der Waals surface area contributed by atoms with E-state index in [4.69, 9.17) is 5.53 Å². The Balaban J connectivity index is 2.32. The highest BCUT2D eigenvalue weighted by Crippen LogP contribution is 2.18. The highest BCUT2D eigenvalue weighted by molar-refractivity contribution is 5.62. The van der Waals surface area contributed by atoms with Gasteiger partial charge in [0.2, 0.25) is 0 Å². The Hall–Kier alpha value is -2.32. The molecule has 1 heterocycles. The second-order valence-electron chi connectivity index (χ2n) is 3.34. The zero-order valence-electron chi connectivity index (χ0n) is 8.61. The van der Waals surface area contributed by atoms with Crippen molar-refractivity contribution in [2.75, 3.05) is 0 Å². The van der Waals surface area contributed by atoms with E-state index in [1.807, 2.05) is 36.4 Å². The quantitative estimate of drug-likeness (QED) is 0.434. The molecule has 0 bridgehead atoms. The maximum absolute atomic E-state index is 8.25. The summed E-state index contributed by atoms with van der Waals surface area (Å²) in [5, 5.41) is 3.52. The first kappa shape index (κ1) is 10.2. The van der Waals surface area contributed by atoms with Crippen molar-refractivity contribution in [2.24, 2.45) is 5.11 Å². The Morgan fingerprint density at radius 2 is 1.94 bits per heavy atom. The Morgan fingerprint density at radius 1 is 1.12 bits per heavy atom. The molecule has 0 atom stereocenters. The van der Waals surface area contributed by atoms with E-state index in [2.05, 4.69) is 15.0 Å². The lowest BCUT2D eigenvalue weighted by Crippen LogP contribution is -1.85. The summed E-state index contributed by atoms with van der Waals surface area (Å²) in [6.07, 6.45) is 3.51. The number of azide groups is 1. The lowest BCUT2D eigenvalue weighted by molar-refractivity contribution is 1.03. The van der Waals surface area contributed by atoms with Crippen molar-refractivity contribution < 1.29 is 0 Å². The molecule has 0 aliphatic rings. The molecule has 0 N–H and O–H groups in total. The third kappa shape index (κ3) is 2.38. The van der Waals surface area contributed by atoms with Gasteiger partial charge in [-0.05, 0) is 22.7 Å². The van der Waals surface area contributed by atoms with Gasteiger partial charge in [-0.25, -0.2) is 0 Å². The molecule has 0 saturated carbocycles. The maximum Gasteiger partial charge on any atom is 0.0526 e. The molecule has 16 heavy (non-hydrogen) atoms. The molecule has 0 radical (unpaired) electrons.